The summed E-state index contributed by atoms with van der Waals surface area (Å²) >= 11 is 0. The number of rotatable bonds is 6. The number of likely N-dealkylation sites (tertiary alicyclic amines) is 1. The fourth-order valence-electron chi connectivity index (χ4n) is 3.85. The molecule has 0 N–H and O–H groups in total. The minimum Gasteiger partial charge on any atom is -0.493 e. The van der Waals surface area contributed by atoms with Crippen molar-refractivity contribution in [2.24, 2.45) is 0 Å². The van der Waals surface area contributed by atoms with Crippen molar-refractivity contribution in [3.8, 4) is 11.5 Å². The molecule has 1 aliphatic heterocycles. The molecule has 2 rings (SSSR count). The molecule has 8 heteroatoms. The smallest absolute Gasteiger partial charge is 0.410 e. The molecule has 1 saturated heterocycles. The van der Waals surface area contributed by atoms with Crippen LogP contribution in [0.25, 0.3) is 0 Å². The molecule has 0 spiro atoms. The van der Waals surface area contributed by atoms with Gasteiger partial charge in [0.05, 0.1) is 14.2 Å². The van der Waals surface area contributed by atoms with E-state index in [9.17, 15) is 4.79 Å². The molecule has 0 aromatic heterocycles. The van der Waals surface area contributed by atoms with Gasteiger partial charge in [0.15, 0.2) is 25.6 Å². The van der Waals surface area contributed by atoms with Crippen LogP contribution in [0.5, 0.6) is 11.5 Å². The summed E-state index contributed by atoms with van der Waals surface area (Å²) in [5, 5.41) is 0. The number of ether oxygens (including phenoxy) is 4. The normalized spacial score (nSPS) is 22.6. The topological polar surface area (TPSA) is 66.5 Å². The number of amides is 1. The minimum absolute atomic E-state index is 0.386. The van der Waals surface area contributed by atoms with E-state index in [-0.39, 0.29) is 6.09 Å². The fraction of sp³-hybridized carbons (Fsp3) is 0.682. The van der Waals surface area contributed by atoms with Crippen LogP contribution >= 0.6 is 0 Å². The van der Waals surface area contributed by atoms with Gasteiger partial charge >= 0.3 is 6.09 Å². The highest BCUT2D eigenvalue weighted by Crippen LogP contribution is 2.46. The first-order valence-electron chi connectivity index (χ1n) is 10.3. The van der Waals surface area contributed by atoms with Gasteiger partial charge in [-0.3, -0.25) is 4.90 Å². The first-order chi connectivity index (χ1) is 13.9. The summed E-state index contributed by atoms with van der Waals surface area (Å²) < 4.78 is 29.3. The second-order valence-corrected chi connectivity index (χ2v) is 14.0. The van der Waals surface area contributed by atoms with E-state index in [1.807, 2.05) is 39.0 Å². The molecule has 0 bridgehead atoms. The summed E-state index contributed by atoms with van der Waals surface area (Å²) in [5.74, 6) is 0.233. The van der Waals surface area contributed by atoms with Crippen LogP contribution in [0.15, 0.2) is 18.2 Å². The Morgan fingerprint density at radius 3 is 2.23 bits per heavy atom. The standard InChI is InChI=1S/C22H37NO6Si/c1-21(2,3)28-20(24)23-14-10-13-22(27-6,29-30(7,8)9)19(23)16-11-12-17(25-4)18(15-16)26-5/h11-12,15,19H,10,13-14H2,1-9H3. The fourth-order valence-corrected chi connectivity index (χ4v) is 5.19. The molecule has 0 radical (unpaired) electrons. The van der Waals surface area contributed by atoms with Gasteiger partial charge in [0.2, 0.25) is 0 Å². The van der Waals surface area contributed by atoms with Crippen molar-refractivity contribution < 1.29 is 28.2 Å². The number of benzene rings is 1. The van der Waals surface area contributed by atoms with E-state index in [1.54, 1.807) is 26.2 Å². The third kappa shape index (κ3) is 5.68. The maximum atomic E-state index is 13.2. The lowest BCUT2D eigenvalue weighted by molar-refractivity contribution is -0.230. The molecule has 1 aliphatic rings. The van der Waals surface area contributed by atoms with Crippen LogP contribution < -0.4 is 9.47 Å². The van der Waals surface area contributed by atoms with Crippen LogP contribution in [-0.2, 0) is 13.9 Å². The molecule has 1 amide bonds. The number of hydrogen-bond acceptors (Lipinski definition) is 6. The Kier molecular flexibility index (Phi) is 7.48. The second-order valence-electron chi connectivity index (χ2n) is 9.52. The zero-order valence-corrected chi connectivity index (χ0v) is 20.8. The monoisotopic (exact) mass is 439 g/mol. The highest BCUT2D eigenvalue weighted by Gasteiger charge is 2.51. The number of piperidine rings is 1. The maximum Gasteiger partial charge on any atom is 0.410 e. The van der Waals surface area contributed by atoms with E-state index in [0.717, 1.165) is 12.0 Å². The highest BCUT2D eigenvalue weighted by atomic mass is 28.4. The van der Waals surface area contributed by atoms with E-state index in [4.69, 9.17) is 23.4 Å². The van der Waals surface area contributed by atoms with Crippen LogP contribution in [0.1, 0.15) is 45.2 Å². The molecule has 1 heterocycles. The summed E-state index contributed by atoms with van der Waals surface area (Å²) in [7, 11) is 2.81. The van der Waals surface area contributed by atoms with Crippen molar-refractivity contribution in [1.82, 2.24) is 4.90 Å². The van der Waals surface area contributed by atoms with Crippen LogP contribution in [-0.4, -0.2) is 58.6 Å². The minimum atomic E-state index is -2.02. The Bertz CT molecular complexity index is 742. The average molecular weight is 440 g/mol. The van der Waals surface area contributed by atoms with Gasteiger partial charge in [-0.25, -0.2) is 4.79 Å². The Labute approximate surface area is 181 Å². The Balaban J connectivity index is 2.61. The van der Waals surface area contributed by atoms with Crippen molar-refractivity contribution in [1.29, 1.82) is 0 Å². The summed E-state index contributed by atoms with van der Waals surface area (Å²) in [6.07, 6.45) is 1.04. The van der Waals surface area contributed by atoms with E-state index < -0.39 is 25.7 Å². The molecular weight excluding hydrogens is 402 g/mol. The first-order valence-corrected chi connectivity index (χ1v) is 13.7. The summed E-state index contributed by atoms with van der Waals surface area (Å²) in [6, 6.07) is 5.16. The van der Waals surface area contributed by atoms with Crippen molar-refractivity contribution in [3.63, 3.8) is 0 Å². The van der Waals surface area contributed by atoms with Crippen molar-refractivity contribution in [3.05, 3.63) is 23.8 Å². The maximum absolute atomic E-state index is 13.2. The summed E-state index contributed by atoms with van der Waals surface area (Å²) in [4.78, 5) is 14.9. The largest absolute Gasteiger partial charge is 0.493 e. The number of hydrogen-bond donors (Lipinski definition) is 0. The van der Waals surface area contributed by atoms with Gasteiger partial charge in [-0.05, 0) is 64.5 Å². The van der Waals surface area contributed by atoms with Gasteiger partial charge in [-0.1, -0.05) is 6.07 Å². The van der Waals surface area contributed by atoms with Crippen LogP contribution in [0.2, 0.25) is 19.6 Å². The molecule has 7 nitrogen and oxygen atoms in total. The van der Waals surface area contributed by atoms with Crippen LogP contribution in [0, 0.1) is 0 Å². The molecule has 170 valence electrons. The quantitative estimate of drug-likeness (QED) is 0.460. The third-order valence-corrected chi connectivity index (χ3v) is 5.79. The van der Waals surface area contributed by atoms with Crippen LogP contribution in [0.3, 0.4) is 0 Å². The van der Waals surface area contributed by atoms with Gasteiger partial charge < -0.3 is 23.4 Å². The van der Waals surface area contributed by atoms with Crippen molar-refractivity contribution in [2.75, 3.05) is 27.9 Å². The van der Waals surface area contributed by atoms with E-state index in [2.05, 4.69) is 19.6 Å². The number of carbonyl (C=O) groups is 1. The van der Waals surface area contributed by atoms with Gasteiger partial charge in [-0.15, -0.1) is 0 Å². The lowest BCUT2D eigenvalue weighted by Crippen LogP contribution is -2.58. The van der Waals surface area contributed by atoms with Gasteiger partial charge in [-0.2, -0.15) is 0 Å². The number of nitrogens with zero attached hydrogens (tertiary/aromatic N) is 1. The molecule has 2 unspecified atom stereocenters. The van der Waals surface area contributed by atoms with Crippen molar-refractivity contribution in [2.45, 2.75) is 70.7 Å². The lowest BCUT2D eigenvalue weighted by Gasteiger charge is -2.50. The summed E-state index contributed by atoms with van der Waals surface area (Å²) in [5.41, 5.74) is 0.241. The molecule has 1 fully saturated rings. The Morgan fingerprint density at radius 1 is 1.10 bits per heavy atom. The predicted molar refractivity (Wildman–Crippen MR) is 119 cm³/mol. The van der Waals surface area contributed by atoms with Crippen molar-refractivity contribution >= 4 is 14.4 Å². The summed E-state index contributed by atoms with van der Waals surface area (Å²) in [6.45, 7) is 12.5. The average Bonchev–Trinajstić information content (AvgIpc) is 2.64. The molecule has 0 aliphatic carbocycles. The lowest BCUT2D eigenvalue weighted by atomic mass is 9.89. The third-order valence-electron chi connectivity index (χ3n) is 4.83. The van der Waals surface area contributed by atoms with Gasteiger partial charge in [0, 0.05) is 20.1 Å². The first kappa shape index (κ1) is 24.5. The molecule has 0 saturated carbocycles. The highest BCUT2D eigenvalue weighted by molar-refractivity contribution is 6.69. The second kappa shape index (κ2) is 9.16. The number of methoxy groups -OCH3 is 3. The van der Waals surface area contributed by atoms with Gasteiger partial charge in [0.1, 0.15) is 11.6 Å². The molecular formula is C22H37NO6Si. The van der Waals surface area contributed by atoms with E-state index in [0.29, 0.717) is 24.5 Å². The van der Waals surface area contributed by atoms with E-state index in [1.165, 1.54) is 0 Å². The Morgan fingerprint density at radius 2 is 1.73 bits per heavy atom. The van der Waals surface area contributed by atoms with Crippen LogP contribution in [0.4, 0.5) is 4.79 Å². The SMILES string of the molecule is COc1ccc(C2N(C(=O)OC(C)(C)C)CCCC2(OC)O[Si](C)(C)C)cc1OC. The number of carbonyl (C=O) groups excluding carboxylic acids is 1. The zero-order chi connectivity index (χ0) is 22.7. The molecule has 1 aromatic carbocycles. The molecule has 30 heavy (non-hydrogen) atoms. The van der Waals surface area contributed by atoms with Gasteiger partial charge in [0.25, 0.3) is 0 Å². The Hall–Kier alpha value is -1.77. The molecule has 1 aromatic rings. The predicted octanol–water partition coefficient (Wildman–Crippen LogP) is 4.97. The zero-order valence-electron chi connectivity index (χ0n) is 19.8. The molecule has 2 atom stereocenters. The van der Waals surface area contributed by atoms with E-state index >= 15 is 0 Å².